The lowest BCUT2D eigenvalue weighted by Gasteiger charge is -2.14. The lowest BCUT2D eigenvalue weighted by molar-refractivity contribution is -0.0372. The first-order valence-corrected chi connectivity index (χ1v) is 6.45. The summed E-state index contributed by atoms with van der Waals surface area (Å²) >= 11 is 0. The first-order chi connectivity index (χ1) is 9.63. The average Bonchev–Trinajstić information content (AvgIpc) is 3.01. The molecule has 0 amide bonds. The van der Waals surface area contributed by atoms with E-state index in [9.17, 15) is 9.90 Å². The van der Waals surface area contributed by atoms with E-state index < -0.39 is 17.9 Å². The van der Waals surface area contributed by atoms with Gasteiger partial charge >= 0.3 is 0 Å². The summed E-state index contributed by atoms with van der Waals surface area (Å²) in [5.41, 5.74) is 5.68. The third-order valence-corrected chi connectivity index (χ3v) is 3.65. The lowest BCUT2D eigenvalue weighted by Crippen LogP contribution is -2.25. The van der Waals surface area contributed by atoms with Crippen molar-refractivity contribution in [2.75, 3.05) is 12.3 Å². The van der Waals surface area contributed by atoms with Crippen molar-refractivity contribution in [1.82, 2.24) is 19.5 Å². The van der Waals surface area contributed by atoms with Crippen LogP contribution in [0.15, 0.2) is 11.1 Å². The molecule has 1 aliphatic rings. The highest BCUT2D eigenvalue weighted by Gasteiger charge is 2.36. The first-order valence-electron chi connectivity index (χ1n) is 5.98. The third kappa shape index (κ3) is 2.08. The fraction of sp³-hybridized carbons (Fsp3) is 0.500. The standard InChI is InChI=1S/C10H14N5O4P/c11-10-13-8-7(9(17)14-10)12-3-15(8)6-1-4(19-20)5(2-16)18-6/h3-6,16H,1-2,20H2,(H3,11,13,14,17)/t4?,5-,6-/m1/s1. The van der Waals surface area contributed by atoms with E-state index in [-0.39, 0.29) is 24.2 Å². The van der Waals surface area contributed by atoms with Crippen molar-refractivity contribution in [3.63, 3.8) is 0 Å². The van der Waals surface area contributed by atoms with Crippen LogP contribution in [0.2, 0.25) is 0 Å². The van der Waals surface area contributed by atoms with Crippen LogP contribution in [0, 0.1) is 0 Å². The van der Waals surface area contributed by atoms with Gasteiger partial charge in [-0.05, 0) is 0 Å². The lowest BCUT2D eigenvalue weighted by atomic mass is 10.2. The number of nitrogens with two attached hydrogens (primary N) is 1. The van der Waals surface area contributed by atoms with Gasteiger partial charge in [-0.2, -0.15) is 4.98 Å². The molecule has 0 aromatic carbocycles. The van der Waals surface area contributed by atoms with Crippen LogP contribution >= 0.6 is 9.47 Å². The zero-order valence-corrected chi connectivity index (χ0v) is 11.5. The minimum Gasteiger partial charge on any atom is -0.394 e. The smallest absolute Gasteiger partial charge is 0.280 e. The molecule has 0 aliphatic carbocycles. The van der Waals surface area contributed by atoms with Gasteiger partial charge in [-0.25, -0.2) is 4.98 Å². The number of aromatic nitrogens is 4. The van der Waals surface area contributed by atoms with E-state index in [0.717, 1.165) is 0 Å². The van der Waals surface area contributed by atoms with Gasteiger partial charge in [-0.3, -0.25) is 14.3 Å². The van der Waals surface area contributed by atoms with E-state index in [2.05, 4.69) is 24.4 Å². The Morgan fingerprint density at radius 3 is 3.15 bits per heavy atom. The molecule has 20 heavy (non-hydrogen) atoms. The van der Waals surface area contributed by atoms with Gasteiger partial charge in [-0.1, -0.05) is 0 Å². The van der Waals surface area contributed by atoms with Crippen LogP contribution in [-0.2, 0) is 9.26 Å². The molecule has 0 bridgehead atoms. The summed E-state index contributed by atoms with van der Waals surface area (Å²) in [6.07, 6.45) is 0.864. The molecule has 108 valence electrons. The van der Waals surface area contributed by atoms with Crippen molar-refractivity contribution in [3.8, 4) is 0 Å². The highest BCUT2D eigenvalue weighted by atomic mass is 31.0. The molecule has 3 heterocycles. The number of nitrogens with zero attached hydrogens (tertiary/aromatic N) is 3. The van der Waals surface area contributed by atoms with Crippen molar-refractivity contribution in [1.29, 1.82) is 0 Å². The molecule has 10 heteroatoms. The number of nitrogens with one attached hydrogen (secondary N) is 1. The Balaban J connectivity index is 2.01. The molecule has 1 saturated heterocycles. The van der Waals surface area contributed by atoms with Crippen LogP contribution in [0.4, 0.5) is 5.95 Å². The molecular weight excluding hydrogens is 285 g/mol. The Morgan fingerprint density at radius 2 is 2.50 bits per heavy atom. The molecule has 2 aromatic rings. The second kappa shape index (κ2) is 5.10. The number of hydrogen-bond donors (Lipinski definition) is 3. The number of H-pyrrole nitrogens is 1. The predicted molar refractivity (Wildman–Crippen MR) is 72.8 cm³/mol. The largest absolute Gasteiger partial charge is 0.394 e. The summed E-state index contributed by atoms with van der Waals surface area (Å²) in [5.74, 6) is 0.0137. The summed E-state index contributed by atoms with van der Waals surface area (Å²) < 4.78 is 12.5. The van der Waals surface area contributed by atoms with Gasteiger partial charge in [0.05, 0.1) is 19.0 Å². The van der Waals surface area contributed by atoms with Crippen molar-refractivity contribution >= 4 is 26.6 Å². The van der Waals surface area contributed by atoms with E-state index in [0.29, 0.717) is 12.1 Å². The maximum absolute atomic E-state index is 11.7. The Labute approximate surface area is 115 Å². The van der Waals surface area contributed by atoms with Gasteiger partial charge in [0.25, 0.3) is 5.56 Å². The monoisotopic (exact) mass is 299 g/mol. The maximum atomic E-state index is 11.7. The summed E-state index contributed by atoms with van der Waals surface area (Å²) in [6, 6.07) is 0. The predicted octanol–water partition coefficient (Wildman–Crippen LogP) is -0.843. The molecule has 0 radical (unpaired) electrons. The normalized spacial score (nSPS) is 26.4. The van der Waals surface area contributed by atoms with Gasteiger partial charge in [0.2, 0.25) is 5.95 Å². The molecular formula is C10H14N5O4P. The zero-order valence-electron chi connectivity index (χ0n) is 10.4. The number of aliphatic hydroxyl groups is 1. The topological polar surface area (TPSA) is 128 Å². The van der Waals surface area contributed by atoms with Crippen LogP contribution in [-0.4, -0.2) is 43.4 Å². The molecule has 1 aliphatic heterocycles. The molecule has 0 saturated carbocycles. The van der Waals surface area contributed by atoms with Gasteiger partial charge in [-0.15, -0.1) is 0 Å². The number of ether oxygens (including phenoxy) is 1. The first kappa shape index (κ1) is 13.4. The number of aliphatic hydroxyl groups excluding tert-OH is 1. The molecule has 4 N–H and O–H groups in total. The quantitative estimate of drug-likeness (QED) is 0.630. The molecule has 2 aromatic heterocycles. The third-order valence-electron chi connectivity index (χ3n) is 3.30. The number of imidazole rings is 1. The Hall–Kier alpha value is -1.54. The second-order valence-corrected chi connectivity index (χ2v) is 4.77. The highest BCUT2D eigenvalue weighted by Crippen LogP contribution is 2.32. The molecule has 0 spiro atoms. The van der Waals surface area contributed by atoms with Crippen molar-refractivity contribution < 1.29 is 14.4 Å². The van der Waals surface area contributed by atoms with Gasteiger partial charge in [0.15, 0.2) is 11.2 Å². The SMILES string of the molecule is Nc1nc2c(ncn2[C@H]2CC(OP)[C@@H](CO)O2)c(=O)[nH]1. The van der Waals surface area contributed by atoms with Gasteiger partial charge in [0, 0.05) is 15.9 Å². The van der Waals surface area contributed by atoms with Crippen LogP contribution in [0.1, 0.15) is 12.6 Å². The summed E-state index contributed by atoms with van der Waals surface area (Å²) in [5, 5.41) is 9.25. The molecule has 4 atom stereocenters. The Kier molecular flexibility index (Phi) is 3.43. The maximum Gasteiger partial charge on any atom is 0.280 e. The minimum absolute atomic E-state index is 0.0137. The zero-order chi connectivity index (χ0) is 14.3. The van der Waals surface area contributed by atoms with Crippen molar-refractivity contribution in [2.45, 2.75) is 24.9 Å². The number of fused-ring (bicyclic) bond motifs is 1. The van der Waals surface area contributed by atoms with Gasteiger partial charge < -0.3 is 20.1 Å². The van der Waals surface area contributed by atoms with E-state index in [1.54, 1.807) is 4.57 Å². The van der Waals surface area contributed by atoms with E-state index in [1.165, 1.54) is 6.33 Å². The molecule has 2 unspecified atom stereocenters. The summed E-state index contributed by atoms with van der Waals surface area (Å²) in [7, 11) is 2.16. The van der Waals surface area contributed by atoms with Crippen LogP contribution in [0.3, 0.4) is 0 Å². The fourth-order valence-corrected chi connectivity index (χ4v) is 2.62. The number of anilines is 1. The van der Waals surface area contributed by atoms with Crippen LogP contribution in [0.5, 0.6) is 0 Å². The van der Waals surface area contributed by atoms with Crippen LogP contribution in [0.25, 0.3) is 11.2 Å². The molecule has 9 nitrogen and oxygen atoms in total. The number of aromatic amines is 1. The van der Waals surface area contributed by atoms with Crippen molar-refractivity contribution in [3.05, 3.63) is 16.7 Å². The number of hydrogen-bond acceptors (Lipinski definition) is 7. The summed E-state index contributed by atoms with van der Waals surface area (Å²) in [6.45, 7) is -0.154. The van der Waals surface area contributed by atoms with E-state index in [4.69, 9.17) is 15.0 Å². The van der Waals surface area contributed by atoms with Gasteiger partial charge in [0.1, 0.15) is 12.3 Å². The molecule has 1 fully saturated rings. The number of nitrogen functional groups attached to an aromatic ring is 1. The fourth-order valence-electron chi connectivity index (χ4n) is 2.33. The van der Waals surface area contributed by atoms with Crippen molar-refractivity contribution in [2.24, 2.45) is 0 Å². The highest BCUT2D eigenvalue weighted by molar-refractivity contribution is 7.09. The van der Waals surface area contributed by atoms with Crippen LogP contribution < -0.4 is 11.3 Å². The average molecular weight is 299 g/mol. The summed E-state index contributed by atoms with van der Waals surface area (Å²) in [4.78, 5) is 22.2. The van der Waals surface area contributed by atoms with E-state index in [1.807, 2.05) is 0 Å². The minimum atomic E-state index is -0.436. The Morgan fingerprint density at radius 1 is 1.70 bits per heavy atom. The van der Waals surface area contributed by atoms with E-state index >= 15 is 0 Å². The molecule has 3 rings (SSSR count). The second-order valence-electron chi connectivity index (χ2n) is 4.50. The Bertz CT molecular complexity index is 674. The number of rotatable bonds is 3.